The highest BCUT2D eigenvalue weighted by Crippen LogP contribution is 2.34. The zero-order valence-corrected chi connectivity index (χ0v) is 12.8. The lowest BCUT2D eigenvalue weighted by Gasteiger charge is -2.16. The Bertz CT molecular complexity index is 655. The van der Waals surface area contributed by atoms with Gasteiger partial charge in [0.2, 0.25) is 0 Å². The average molecular weight is 312 g/mol. The van der Waals surface area contributed by atoms with Crippen molar-refractivity contribution in [1.29, 1.82) is 0 Å². The minimum absolute atomic E-state index is 0.0115. The van der Waals surface area contributed by atoms with E-state index in [0.29, 0.717) is 12.0 Å². The number of Topliss-reactive ketones (excluding diaryl/α,β-unsaturated/α-hetero) is 1. The van der Waals surface area contributed by atoms with Gasteiger partial charge < -0.3 is 4.74 Å². The fourth-order valence-corrected chi connectivity index (χ4v) is 3.66. The van der Waals surface area contributed by atoms with Gasteiger partial charge in [0.25, 0.3) is 0 Å². The van der Waals surface area contributed by atoms with Crippen molar-refractivity contribution in [1.82, 2.24) is 0 Å². The molecule has 1 heterocycles. The number of ketones is 1. The highest BCUT2D eigenvalue weighted by atomic mass is 32.2. The first-order valence-corrected chi connectivity index (χ1v) is 8.10. The molecule has 0 radical (unpaired) electrons. The zero-order chi connectivity index (χ0) is 15.4. The van der Waals surface area contributed by atoms with Gasteiger partial charge in [-0.05, 0) is 12.1 Å². The number of rotatable bonds is 5. The van der Waals surface area contributed by atoms with Crippen LogP contribution in [0.4, 0.5) is 0 Å². The fourth-order valence-electron chi connectivity index (χ4n) is 2.48. The molecule has 4 heteroatoms. The molecule has 1 aliphatic rings. The normalized spacial score (nSPS) is 20.6. The highest BCUT2D eigenvalue weighted by molar-refractivity contribution is 8.00. The van der Waals surface area contributed by atoms with Crippen LogP contribution in [0.2, 0.25) is 0 Å². The van der Waals surface area contributed by atoms with Crippen LogP contribution < -0.4 is 0 Å². The summed E-state index contributed by atoms with van der Waals surface area (Å²) in [6, 6.07) is 19.0. The van der Waals surface area contributed by atoms with Gasteiger partial charge in [-0.3, -0.25) is 9.59 Å². The second kappa shape index (κ2) is 6.79. The van der Waals surface area contributed by atoms with E-state index in [4.69, 9.17) is 4.74 Å². The van der Waals surface area contributed by atoms with Crippen LogP contribution in [0.25, 0.3) is 0 Å². The molecule has 0 saturated carbocycles. The van der Waals surface area contributed by atoms with E-state index >= 15 is 0 Å². The van der Waals surface area contributed by atoms with Crippen molar-refractivity contribution in [2.75, 3.05) is 0 Å². The molecule has 0 aliphatic carbocycles. The van der Waals surface area contributed by atoms with E-state index in [0.717, 1.165) is 4.90 Å². The summed E-state index contributed by atoms with van der Waals surface area (Å²) in [5.41, 5.74) is 0.661. The maximum absolute atomic E-state index is 12.3. The lowest BCUT2D eigenvalue weighted by Crippen LogP contribution is -2.22. The summed E-state index contributed by atoms with van der Waals surface area (Å²) in [4.78, 5) is 25.0. The Hall–Kier alpha value is -2.07. The Morgan fingerprint density at radius 2 is 1.68 bits per heavy atom. The number of hydrogen-bond acceptors (Lipinski definition) is 4. The fraction of sp³-hybridized carbons (Fsp3) is 0.222. The summed E-state index contributed by atoms with van der Waals surface area (Å²) in [5, 5.41) is -0.0115. The maximum Gasteiger partial charge on any atom is 0.307 e. The monoisotopic (exact) mass is 312 g/mol. The number of thioether (sulfide) groups is 1. The van der Waals surface area contributed by atoms with Crippen molar-refractivity contribution < 1.29 is 14.3 Å². The molecule has 1 fully saturated rings. The minimum Gasteiger partial charge on any atom is -0.461 e. The van der Waals surface area contributed by atoms with Crippen molar-refractivity contribution in [2.24, 2.45) is 0 Å². The van der Waals surface area contributed by atoms with E-state index in [1.54, 1.807) is 23.9 Å². The van der Waals surface area contributed by atoms with Gasteiger partial charge in [-0.1, -0.05) is 48.5 Å². The first-order valence-electron chi connectivity index (χ1n) is 7.22. The van der Waals surface area contributed by atoms with E-state index in [1.807, 2.05) is 48.5 Å². The SMILES string of the molecule is O=C1C[C@@H](Sc2ccccc2)[C@H](CC(=O)c2ccccc2)O1. The lowest BCUT2D eigenvalue weighted by molar-refractivity contribution is -0.141. The van der Waals surface area contributed by atoms with Crippen LogP contribution in [0, 0.1) is 0 Å². The molecule has 1 aliphatic heterocycles. The van der Waals surface area contributed by atoms with E-state index in [9.17, 15) is 9.59 Å². The Morgan fingerprint density at radius 1 is 1.05 bits per heavy atom. The number of hydrogen-bond donors (Lipinski definition) is 0. The number of cyclic esters (lactones) is 1. The summed E-state index contributed by atoms with van der Waals surface area (Å²) < 4.78 is 5.36. The topological polar surface area (TPSA) is 43.4 Å². The van der Waals surface area contributed by atoms with Gasteiger partial charge in [0.1, 0.15) is 6.10 Å². The molecule has 0 bridgehead atoms. The molecule has 3 rings (SSSR count). The van der Waals surface area contributed by atoms with Gasteiger partial charge in [0.05, 0.1) is 11.7 Å². The second-order valence-corrected chi connectivity index (χ2v) is 6.51. The van der Waals surface area contributed by atoms with Gasteiger partial charge >= 0.3 is 5.97 Å². The summed E-state index contributed by atoms with van der Waals surface area (Å²) in [6.07, 6.45) is 0.234. The van der Waals surface area contributed by atoms with Crippen LogP contribution in [-0.2, 0) is 9.53 Å². The highest BCUT2D eigenvalue weighted by Gasteiger charge is 2.36. The van der Waals surface area contributed by atoms with Crippen LogP contribution in [0.3, 0.4) is 0 Å². The third kappa shape index (κ3) is 3.57. The largest absolute Gasteiger partial charge is 0.461 e. The van der Waals surface area contributed by atoms with E-state index in [2.05, 4.69) is 0 Å². The van der Waals surface area contributed by atoms with E-state index in [-0.39, 0.29) is 29.5 Å². The van der Waals surface area contributed by atoms with Crippen molar-refractivity contribution in [3.05, 3.63) is 66.2 Å². The van der Waals surface area contributed by atoms with Crippen molar-refractivity contribution in [2.45, 2.75) is 29.1 Å². The van der Waals surface area contributed by atoms with Crippen LogP contribution in [0.15, 0.2) is 65.6 Å². The molecule has 3 nitrogen and oxygen atoms in total. The van der Waals surface area contributed by atoms with Gasteiger partial charge in [-0.2, -0.15) is 0 Å². The minimum atomic E-state index is -0.356. The van der Waals surface area contributed by atoms with Crippen LogP contribution in [0.1, 0.15) is 23.2 Å². The molecule has 0 aromatic heterocycles. The van der Waals surface area contributed by atoms with E-state index < -0.39 is 0 Å². The lowest BCUT2D eigenvalue weighted by atomic mass is 10.0. The van der Waals surface area contributed by atoms with Crippen LogP contribution in [0.5, 0.6) is 0 Å². The number of carbonyl (C=O) groups excluding carboxylic acids is 2. The molecule has 0 spiro atoms. The van der Waals surface area contributed by atoms with Crippen LogP contribution >= 0.6 is 11.8 Å². The molecule has 22 heavy (non-hydrogen) atoms. The maximum atomic E-state index is 12.3. The molecule has 0 N–H and O–H groups in total. The van der Waals surface area contributed by atoms with Gasteiger partial charge in [-0.25, -0.2) is 0 Å². The second-order valence-electron chi connectivity index (χ2n) is 5.20. The smallest absolute Gasteiger partial charge is 0.307 e. The predicted octanol–water partition coefficient (Wildman–Crippen LogP) is 3.74. The standard InChI is InChI=1S/C18H16O3S/c19-15(13-7-3-1-4-8-13)11-16-17(12-18(20)21-16)22-14-9-5-2-6-10-14/h1-10,16-17H,11-12H2/t16-,17+/m0/s1. The molecule has 2 atom stereocenters. The molecule has 0 amide bonds. The number of esters is 1. The Kier molecular flexibility index (Phi) is 4.59. The Morgan fingerprint density at radius 3 is 2.36 bits per heavy atom. The van der Waals surface area contributed by atoms with Gasteiger partial charge in [0, 0.05) is 16.9 Å². The van der Waals surface area contributed by atoms with E-state index in [1.165, 1.54) is 0 Å². The van der Waals surface area contributed by atoms with Gasteiger partial charge in [-0.15, -0.1) is 11.8 Å². The van der Waals surface area contributed by atoms with Crippen molar-refractivity contribution >= 4 is 23.5 Å². The summed E-state index contributed by atoms with van der Waals surface area (Å²) in [6.45, 7) is 0. The first kappa shape index (κ1) is 14.9. The number of ether oxygens (including phenoxy) is 1. The Labute approximate surface area is 133 Å². The molecular weight excluding hydrogens is 296 g/mol. The van der Waals surface area contributed by atoms with Gasteiger partial charge in [0.15, 0.2) is 5.78 Å². The Balaban J connectivity index is 1.68. The number of benzene rings is 2. The average Bonchev–Trinajstić information content (AvgIpc) is 2.88. The summed E-state index contributed by atoms with van der Waals surface area (Å²) >= 11 is 1.60. The molecular formula is C18H16O3S. The summed E-state index contributed by atoms with van der Waals surface area (Å²) in [7, 11) is 0. The molecule has 2 aromatic rings. The first-order chi connectivity index (χ1) is 10.7. The quantitative estimate of drug-likeness (QED) is 0.623. The zero-order valence-electron chi connectivity index (χ0n) is 12.0. The predicted molar refractivity (Wildman–Crippen MR) is 86.0 cm³/mol. The van der Waals surface area contributed by atoms with Crippen LogP contribution in [-0.4, -0.2) is 23.1 Å². The number of carbonyl (C=O) groups is 2. The summed E-state index contributed by atoms with van der Waals surface area (Å²) in [5.74, 6) is -0.210. The molecule has 112 valence electrons. The third-order valence-corrected chi connectivity index (χ3v) is 4.90. The van der Waals surface area contributed by atoms with Crippen molar-refractivity contribution in [3.63, 3.8) is 0 Å². The molecule has 1 saturated heterocycles. The van der Waals surface area contributed by atoms with Crippen molar-refractivity contribution in [3.8, 4) is 0 Å². The third-order valence-electron chi connectivity index (χ3n) is 3.58. The molecule has 2 aromatic carbocycles. The molecule has 0 unspecified atom stereocenters.